The van der Waals surface area contributed by atoms with Gasteiger partial charge in [0.25, 0.3) is 0 Å². The minimum atomic E-state index is 0.162. The molecule has 1 unspecified atom stereocenters. The summed E-state index contributed by atoms with van der Waals surface area (Å²) in [6.07, 6.45) is 0.640. The lowest BCUT2D eigenvalue weighted by molar-refractivity contribution is -0.128. The van der Waals surface area contributed by atoms with Crippen LogP contribution in [0.4, 0.5) is 5.69 Å². The zero-order valence-corrected chi connectivity index (χ0v) is 12.8. The zero-order valence-electron chi connectivity index (χ0n) is 12.8. The van der Waals surface area contributed by atoms with E-state index in [1.54, 1.807) is 13.2 Å². The van der Waals surface area contributed by atoms with Gasteiger partial charge in [-0.25, -0.2) is 0 Å². The molecule has 1 aliphatic heterocycles. The van der Waals surface area contributed by atoms with E-state index in [1.807, 2.05) is 17.0 Å². The molecule has 1 aliphatic rings. The first-order valence-electron chi connectivity index (χ1n) is 7.01. The molecule has 110 valence electrons. The Morgan fingerprint density at radius 2 is 2.10 bits per heavy atom. The van der Waals surface area contributed by atoms with Gasteiger partial charge < -0.3 is 15.4 Å². The summed E-state index contributed by atoms with van der Waals surface area (Å²) in [5.41, 5.74) is 7.60. The number of rotatable bonds is 3. The van der Waals surface area contributed by atoms with Crippen LogP contribution in [0.2, 0.25) is 0 Å². The van der Waals surface area contributed by atoms with E-state index in [1.165, 1.54) is 0 Å². The number of anilines is 1. The highest BCUT2D eigenvalue weighted by Gasteiger charge is 2.36. The Morgan fingerprint density at radius 1 is 1.40 bits per heavy atom. The molecule has 0 aliphatic carbocycles. The lowest BCUT2D eigenvalue weighted by atomic mass is 9.80. The quantitative estimate of drug-likeness (QED) is 0.864. The second-order valence-electron chi connectivity index (χ2n) is 6.61. The third-order valence-corrected chi connectivity index (χ3v) is 4.11. The highest BCUT2D eigenvalue weighted by atomic mass is 16.5. The maximum atomic E-state index is 12.2. The van der Waals surface area contributed by atoms with E-state index in [0.717, 1.165) is 17.9 Å². The van der Waals surface area contributed by atoms with Gasteiger partial charge in [-0.2, -0.15) is 0 Å². The Labute approximate surface area is 120 Å². The van der Waals surface area contributed by atoms with E-state index in [2.05, 4.69) is 20.8 Å². The summed E-state index contributed by atoms with van der Waals surface area (Å²) in [5, 5.41) is 0. The van der Waals surface area contributed by atoms with E-state index in [0.29, 0.717) is 24.6 Å². The SMILES string of the molecule is COc1cc(N)ccc1CN1CC(C(C)(C)C)CC1=O. The number of likely N-dealkylation sites (tertiary alicyclic amines) is 1. The standard InChI is InChI=1S/C16H24N2O2/c1-16(2,3)12-7-15(19)18(10-12)9-11-5-6-13(17)8-14(11)20-4/h5-6,8,12H,7,9-10,17H2,1-4H3. The summed E-state index contributed by atoms with van der Waals surface area (Å²) < 4.78 is 5.35. The topological polar surface area (TPSA) is 55.6 Å². The molecule has 1 aromatic carbocycles. The summed E-state index contributed by atoms with van der Waals surface area (Å²) in [6, 6.07) is 5.59. The molecule has 0 spiro atoms. The number of nitrogens with two attached hydrogens (primary N) is 1. The fraction of sp³-hybridized carbons (Fsp3) is 0.562. The number of hydrogen-bond acceptors (Lipinski definition) is 3. The van der Waals surface area contributed by atoms with Crippen LogP contribution in [0.1, 0.15) is 32.8 Å². The van der Waals surface area contributed by atoms with Crippen molar-refractivity contribution in [2.45, 2.75) is 33.7 Å². The molecule has 1 amide bonds. The summed E-state index contributed by atoms with van der Waals surface area (Å²) in [7, 11) is 1.63. The van der Waals surface area contributed by atoms with Crippen LogP contribution in [0.5, 0.6) is 5.75 Å². The molecule has 1 atom stereocenters. The number of carbonyl (C=O) groups is 1. The second-order valence-corrected chi connectivity index (χ2v) is 6.61. The molecular formula is C16H24N2O2. The predicted octanol–water partition coefficient (Wildman–Crippen LogP) is 2.67. The van der Waals surface area contributed by atoms with Crippen LogP contribution in [0.15, 0.2) is 18.2 Å². The summed E-state index contributed by atoms with van der Waals surface area (Å²) in [4.78, 5) is 14.1. The lowest BCUT2D eigenvalue weighted by Gasteiger charge is -2.26. The number of benzene rings is 1. The van der Waals surface area contributed by atoms with Gasteiger partial charge in [-0.3, -0.25) is 4.79 Å². The van der Waals surface area contributed by atoms with E-state index < -0.39 is 0 Å². The number of methoxy groups -OCH3 is 1. The minimum Gasteiger partial charge on any atom is -0.496 e. The van der Waals surface area contributed by atoms with Gasteiger partial charge in [-0.15, -0.1) is 0 Å². The molecular weight excluding hydrogens is 252 g/mol. The largest absolute Gasteiger partial charge is 0.496 e. The van der Waals surface area contributed by atoms with Crippen LogP contribution in [0.25, 0.3) is 0 Å². The number of nitrogen functional groups attached to an aromatic ring is 1. The zero-order chi connectivity index (χ0) is 14.9. The predicted molar refractivity (Wildman–Crippen MR) is 80.4 cm³/mol. The molecule has 1 saturated heterocycles. The van der Waals surface area contributed by atoms with Crippen LogP contribution in [0.3, 0.4) is 0 Å². The van der Waals surface area contributed by atoms with E-state index in [9.17, 15) is 4.79 Å². The molecule has 4 heteroatoms. The van der Waals surface area contributed by atoms with E-state index in [4.69, 9.17) is 10.5 Å². The third-order valence-electron chi connectivity index (χ3n) is 4.11. The van der Waals surface area contributed by atoms with Crippen LogP contribution in [-0.2, 0) is 11.3 Å². The highest BCUT2D eigenvalue weighted by molar-refractivity contribution is 5.78. The highest BCUT2D eigenvalue weighted by Crippen LogP contribution is 2.35. The Hall–Kier alpha value is -1.71. The van der Waals surface area contributed by atoms with Gasteiger partial charge in [0.15, 0.2) is 0 Å². The van der Waals surface area contributed by atoms with Crippen molar-refractivity contribution in [1.29, 1.82) is 0 Å². The van der Waals surface area contributed by atoms with Gasteiger partial charge in [-0.05, 0) is 17.4 Å². The fourth-order valence-electron chi connectivity index (χ4n) is 2.60. The smallest absolute Gasteiger partial charge is 0.223 e. The van der Waals surface area contributed by atoms with Gasteiger partial charge in [0.2, 0.25) is 5.91 Å². The monoisotopic (exact) mass is 276 g/mol. The normalized spacial score (nSPS) is 19.5. The molecule has 0 bridgehead atoms. The number of amides is 1. The molecule has 0 aromatic heterocycles. The van der Waals surface area contributed by atoms with Crippen molar-refractivity contribution in [1.82, 2.24) is 4.90 Å². The first-order chi connectivity index (χ1) is 9.31. The maximum Gasteiger partial charge on any atom is 0.223 e. The molecule has 1 aromatic rings. The first-order valence-corrected chi connectivity index (χ1v) is 7.01. The van der Waals surface area contributed by atoms with Crippen molar-refractivity contribution in [3.63, 3.8) is 0 Å². The molecule has 0 radical (unpaired) electrons. The van der Waals surface area contributed by atoms with Crippen molar-refractivity contribution < 1.29 is 9.53 Å². The van der Waals surface area contributed by atoms with E-state index in [-0.39, 0.29) is 11.3 Å². The Balaban J connectivity index is 2.13. The molecule has 4 nitrogen and oxygen atoms in total. The minimum absolute atomic E-state index is 0.162. The summed E-state index contributed by atoms with van der Waals surface area (Å²) in [6.45, 7) is 7.99. The number of carbonyl (C=O) groups excluding carboxylic acids is 1. The Bertz CT molecular complexity index is 506. The average Bonchev–Trinajstić information content (AvgIpc) is 2.73. The lowest BCUT2D eigenvalue weighted by Crippen LogP contribution is -2.27. The summed E-state index contributed by atoms with van der Waals surface area (Å²) >= 11 is 0. The van der Waals surface area contributed by atoms with Crippen LogP contribution in [0, 0.1) is 11.3 Å². The van der Waals surface area contributed by atoms with Crippen LogP contribution < -0.4 is 10.5 Å². The van der Waals surface area contributed by atoms with Crippen LogP contribution >= 0.6 is 0 Å². The molecule has 1 fully saturated rings. The Kier molecular flexibility index (Phi) is 3.93. The molecule has 20 heavy (non-hydrogen) atoms. The third kappa shape index (κ3) is 3.06. The maximum absolute atomic E-state index is 12.2. The average molecular weight is 276 g/mol. The van der Waals surface area contributed by atoms with Gasteiger partial charge in [0.1, 0.15) is 5.75 Å². The van der Waals surface area contributed by atoms with Gasteiger partial charge in [0, 0.05) is 36.8 Å². The van der Waals surface area contributed by atoms with E-state index >= 15 is 0 Å². The molecule has 1 heterocycles. The number of hydrogen-bond donors (Lipinski definition) is 1. The van der Waals surface area contributed by atoms with Crippen molar-refractivity contribution in [3.05, 3.63) is 23.8 Å². The summed E-state index contributed by atoms with van der Waals surface area (Å²) in [5.74, 6) is 1.38. The van der Waals surface area contributed by atoms with Crippen molar-refractivity contribution in [2.24, 2.45) is 11.3 Å². The number of ether oxygens (including phenoxy) is 1. The van der Waals surface area contributed by atoms with Crippen molar-refractivity contribution in [2.75, 3.05) is 19.4 Å². The first kappa shape index (κ1) is 14.7. The van der Waals surface area contributed by atoms with Gasteiger partial charge in [-0.1, -0.05) is 26.8 Å². The van der Waals surface area contributed by atoms with Gasteiger partial charge in [0.05, 0.1) is 7.11 Å². The van der Waals surface area contributed by atoms with Gasteiger partial charge >= 0.3 is 0 Å². The molecule has 0 saturated carbocycles. The fourth-order valence-corrected chi connectivity index (χ4v) is 2.60. The Morgan fingerprint density at radius 3 is 2.65 bits per heavy atom. The second kappa shape index (κ2) is 5.35. The number of nitrogens with zero attached hydrogens (tertiary/aromatic N) is 1. The van der Waals surface area contributed by atoms with Crippen molar-refractivity contribution >= 4 is 11.6 Å². The van der Waals surface area contributed by atoms with Crippen molar-refractivity contribution in [3.8, 4) is 5.75 Å². The van der Waals surface area contributed by atoms with Crippen LogP contribution in [-0.4, -0.2) is 24.5 Å². The molecule has 2 rings (SSSR count). The molecule has 2 N–H and O–H groups in total.